The highest BCUT2D eigenvalue weighted by Gasteiger charge is 2.26. The van der Waals surface area contributed by atoms with E-state index in [1.807, 2.05) is 12.1 Å². The van der Waals surface area contributed by atoms with Gasteiger partial charge in [-0.25, -0.2) is 4.79 Å². The normalized spacial score (nSPS) is 13.3. The van der Waals surface area contributed by atoms with E-state index in [4.69, 9.17) is 21.4 Å². The summed E-state index contributed by atoms with van der Waals surface area (Å²) in [5, 5.41) is 7.45. The van der Waals surface area contributed by atoms with E-state index >= 15 is 0 Å². The van der Waals surface area contributed by atoms with Crippen LogP contribution in [0, 0.1) is 0 Å². The Balaban J connectivity index is 1.74. The van der Waals surface area contributed by atoms with Crippen LogP contribution in [0.3, 0.4) is 0 Å². The van der Waals surface area contributed by atoms with Crippen LogP contribution in [-0.2, 0) is 24.1 Å². The van der Waals surface area contributed by atoms with Gasteiger partial charge in [-0.15, -0.1) is 11.3 Å². The first-order chi connectivity index (χ1) is 11.2. The molecule has 0 spiro atoms. The molecule has 0 aromatic carbocycles. The Hall–Kier alpha value is -1.86. The standard InChI is InChI=1S/C16H18N2O3S2/c1-20-15(19)13-11-6-2-3-7-12(11)23-14(13)18-16(22)17-9-10-5-4-8-21-10/h4-5,8H,2-3,6-7,9H2,1H3,(H2,17,18,22). The Morgan fingerprint density at radius 2 is 2.26 bits per heavy atom. The van der Waals surface area contributed by atoms with Crippen LogP contribution in [0.5, 0.6) is 0 Å². The minimum atomic E-state index is -0.305. The van der Waals surface area contributed by atoms with E-state index in [0.29, 0.717) is 17.2 Å². The lowest BCUT2D eigenvalue weighted by Gasteiger charge is -2.12. The van der Waals surface area contributed by atoms with Crippen molar-refractivity contribution >= 4 is 39.6 Å². The molecule has 0 fully saturated rings. The number of anilines is 1. The lowest BCUT2D eigenvalue weighted by molar-refractivity contribution is 0.0601. The summed E-state index contributed by atoms with van der Waals surface area (Å²) in [5.41, 5.74) is 1.75. The molecule has 2 aromatic heterocycles. The maximum atomic E-state index is 12.2. The highest BCUT2D eigenvalue weighted by Crippen LogP contribution is 2.38. The molecule has 3 rings (SSSR count). The monoisotopic (exact) mass is 350 g/mol. The predicted octanol–water partition coefficient (Wildman–Crippen LogP) is 3.49. The lowest BCUT2D eigenvalue weighted by Crippen LogP contribution is -2.28. The summed E-state index contributed by atoms with van der Waals surface area (Å²) in [6.45, 7) is 0.498. The second-order valence-electron chi connectivity index (χ2n) is 5.29. The molecule has 0 aliphatic heterocycles. The number of furan rings is 1. The summed E-state index contributed by atoms with van der Waals surface area (Å²) in [6.07, 6.45) is 5.82. The average Bonchev–Trinajstić information content (AvgIpc) is 3.19. The Bertz CT molecular complexity index is 707. The van der Waals surface area contributed by atoms with Gasteiger partial charge in [0, 0.05) is 4.88 Å². The third kappa shape index (κ3) is 3.56. The SMILES string of the molecule is COC(=O)c1c(NC(=S)NCc2ccco2)sc2c1CCCC2. The smallest absolute Gasteiger partial charge is 0.341 e. The number of thiophene rings is 1. The topological polar surface area (TPSA) is 63.5 Å². The van der Waals surface area contributed by atoms with Crippen LogP contribution >= 0.6 is 23.6 Å². The molecule has 23 heavy (non-hydrogen) atoms. The first-order valence-corrected chi connectivity index (χ1v) is 8.71. The molecule has 2 aromatic rings. The van der Waals surface area contributed by atoms with Gasteiger partial charge in [-0.2, -0.15) is 0 Å². The molecule has 1 aliphatic carbocycles. The number of ether oxygens (including phenoxy) is 1. The predicted molar refractivity (Wildman–Crippen MR) is 94.1 cm³/mol. The number of carbonyl (C=O) groups is 1. The van der Waals surface area contributed by atoms with Crippen LogP contribution in [0.4, 0.5) is 5.00 Å². The minimum Gasteiger partial charge on any atom is -0.467 e. The largest absolute Gasteiger partial charge is 0.467 e. The van der Waals surface area contributed by atoms with Crippen molar-refractivity contribution in [3.8, 4) is 0 Å². The van der Waals surface area contributed by atoms with Gasteiger partial charge >= 0.3 is 5.97 Å². The van der Waals surface area contributed by atoms with Gasteiger partial charge in [-0.3, -0.25) is 0 Å². The molecule has 5 nitrogen and oxygen atoms in total. The van der Waals surface area contributed by atoms with Crippen molar-refractivity contribution in [2.24, 2.45) is 0 Å². The summed E-state index contributed by atoms with van der Waals surface area (Å²) >= 11 is 6.92. The van der Waals surface area contributed by atoms with Crippen molar-refractivity contribution in [1.29, 1.82) is 0 Å². The van der Waals surface area contributed by atoms with Crippen LogP contribution < -0.4 is 10.6 Å². The average molecular weight is 350 g/mol. The molecular weight excluding hydrogens is 332 g/mol. The van der Waals surface area contributed by atoms with Gasteiger partial charge in [0.2, 0.25) is 0 Å². The van der Waals surface area contributed by atoms with Crippen LogP contribution in [0.2, 0.25) is 0 Å². The zero-order valence-corrected chi connectivity index (χ0v) is 14.4. The lowest BCUT2D eigenvalue weighted by atomic mass is 9.95. The third-order valence-corrected chi connectivity index (χ3v) is 5.24. The number of carbonyl (C=O) groups excluding carboxylic acids is 1. The van der Waals surface area contributed by atoms with Gasteiger partial charge in [-0.05, 0) is 55.6 Å². The Labute approximate surface area is 144 Å². The summed E-state index contributed by atoms with van der Waals surface area (Å²) < 4.78 is 10.2. The molecule has 0 unspecified atom stereocenters. The van der Waals surface area contributed by atoms with E-state index in [2.05, 4.69) is 10.6 Å². The highest BCUT2D eigenvalue weighted by atomic mass is 32.1. The van der Waals surface area contributed by atoms with Crippen LogP contribution in [0.25, 0.3) is 0 Å². The van der Waals surface area contributed by atoms with E-state index in [1.165, 1.54) is 12.0 Å². The third-order valence-electron chi connectivity index (χ3n) is 3.79. The quantitative estimate of drug-likeness (QED) is 0.650. The molecule has 2 N–H and O–H groups in total. The summed E-state index contributed by atoms with van der Waals surface area (Å²) in [4.78, 5) is 13.4. The van der Waals surface area contributed by atoms with Crippen molar-refractivity contribution in [1.82, 2.24) is 5.32 Å². The Morgan fingerprint density at radius 1 is 1.43 bits per heavy atom. The van der Waals surface area contributed by atoms with Gasteiger partial charge < -0.3 is 19.8 Å². The number of hydrogen-bond donors (Lipinski definition) is 2. The first-order valence-electron chi connectivity index (χ1n) is 7.49. The summed E-state index contributed by atoms with van der Waals surface area (Å²) in [5.74, 6) is 0.494. The van der Waals surface area contributed by atoms with Crippen LogP contribution in [0.15, 0.2) is 22.8 Å². The summed E-state index contributed by atoms with van der Waals surface area (Å²) in [7, 11) is 1.41. The Kier molecular flexibility index (Phi) is 4.97. The van der Waals surface area contributed by atoms with Gasteiger partial charge in [0.15, 0.2) is 5.11 Å². The van der Waals surface area contributed by atoms with Crippen LogP contribution in [-0.4, -0.2) is 18.2 Å². The van der Waals surface area contributed by atoms with E-state index in [0.717, 1.165) is 42.0 Å². The molecule has 0 radical (unpaired) electrons. The molecule has 2 heterocycles. The molecule has 0 saturated carbocycles. The number of methoxy groups -OCH3 is 1. The van der Waals surface area contributed by atoms with Crippen LogP contribution in [0.1, 0.15) is 39.4 Å². The van der Waals surface area contributed by atoms with Gasteiger partial charge in [0.05, 0.1) is 25.5 Å². The fraction of sp³-hybridized carbons (Fsp3) is 0.375. The highest BCUT2D eigenvalue weighted by molar-refractivity contribution is 7.80. The number of thiocarbonyl (C=S) groups is 1. The van der Waals surface area contributed by atoms with E-state index < -0.39 is 0 Å². The molecule has 7 heteroatoms. The molecule has 0 saturated heterocycles. The van der Waals surface area contributed by atoms with E-state index in [-0.39, 0.29) is 5.97 Å². The van der Waals surface area contributed by atoms with Gasteiger partial charge in [-0.1, -0.05) is 0 Å². The zero-order chi connectivity index (χ0) is 16.2. The molecule has 0 amide bonds. The van der Waals surface area contributed by atoms with Gasteiger partial charge in [0.1, 0.15) is 10.8 Å². The molecule has 122 valence electrons. The maximum Gasteiger partial charge on any atom is 0.341 e. The van der Waals surface area contributed by atoms with Crippen molar-refractivity contribution in [3.63, 3.8) is 0 Å². The second kappa shape index (κ2) is 7.14. The molecule has 1 aliphatic rings. The number of rotatable bonds is 4. The number of esters is 1. The van der Waals surface area contributed by atoms with Gasteiger partial charge in [0.25, 0.3) is 0 Å². The van der Waals surface area contributed by atoms with Crippen molar-refractivity contribution in [3.05, 3.63) is 40.2 Å². The van der Waals surface area contributed by atoms with Crippen molar-refractivity contribution < 1.29 is 13.9 Å². The number of aryl methyl sites for hydroxylation is 1. The number of hydrogen-bond acceptors (Lipinski definition) is 5. The van der Waals surface area contributed by atoms with E-state index in [9.17, 15) is 4.79 Å². The zero-order valence-electron chi connectivity index (χ0n) is 12.8. The van der Waals surface area contributed by atoms with Crippen molar-refractivity contribution in [2.75, 3.05) is 12.4 Å². The summed E-state index contributed by atoms with van der Waals surface area (Å²) in [6, 6.07) is 3.70. The fourth-order valence-electron chi connectivity index (χ4n) is 2.70. The molecule has 0 bridgehead atoms. The first kappa shape index (κ1) is 16.0. The maximum absolute atomic E-state index is 12.2. The number of fused-ring (bicyclic) bond motifs is 1. The second-order valence-corrected chi connectivity index (χ2v) is 6.81. The molecular formula is C16H18N2O3S2. The molecule has 0 atom stereocenters. The minimum absolute atomic E-state index is 0.305. The fourth-order valence-corrected chi connectivity index (χ4v) is 4.22. The number of nitrogens with one attached hydrogen (secondary N) is 2. The van der Waals surface area contributed by atoms with Crippen molar-refractivity contribution in [2.45, 2.75) is 32.2 Å². The Morgan fingerprint density at radius 3 is 3.00 bits per heavy atom. The van der Waals surface area contributed by atoms with E-state index in [1.54, 1.807) is 17.6 Å².